The molecule has 0 heterocycles. The van der Waals surface area contributed by atoms with Crippen LogP contribution in [-0.4, -0.2) is 11.9 Å². The molecule has 2 rings (SSSR count). The first-order valence-corrected chi connectivity index (χ1v) is 7.82. The number of hydrogen-bond acceptors (Lipinski definition) is 1. The molecule has 1 aliphatic rings. The molecule has 104 valence electrons. The van der Waals surface area contributed by atoms with E-state index in [9.17, 15) is 4.79 Å². The molecule has 1 saturated carbocycles. The van der Waals surface area contributed by atoms with E-state index < -0.39 is 0 Å². The molecule has 4 heteroatoms. The van der Waals surface area contributed by atoms with Gasteiger partial charge in [-0.3, -0.25) is 4.79 Å². The van der Waals surface area contributed by atoms with E-state index in [-0.39, 0.29) is 17.4 Å². The van der Waals surface area contributed by atoms with Crippen LogP contribution in [0.2, 0.25) is 5.02 Å². The standard InChI is InChI=1S/C15H19BrClNO/c1-15(2)6-4-3-5-13(15)18-14(19)10-7-11(16)9-12(17)8-10/h7-9,13H,3-6H2,1-2H3,(H,18,19). The number of benzene rings is 1. The van der Waals surface area contributed by atoms with E-state index in [0.717, 1.165) is 17.3 Å². The molecule has 0 spiro atoms. The third-order valence-corrected chi connectivity index (χ3v) is 4.61. The normalized spacial score (nSPS) is 22.0. The molecule has 1 unspecified atom stereocenters. The molecule has 0 bridgehead atoms. The second kappa shape index (κ2) is 5.84. The van der Waals surface area contributed by atoms with Crippen LogP contribution in [0.1, 0.15) is 49.9 Å². The van der Waals surface area contributed by atoms with Crippen LogP contribution in [0.4, 0.5) is 0 Å². The minimum atomic E-state index is -0.0387. The lowest BCUT2D eigenvalue weighted by Crippen LogP contribution is -2.46. The monoisotopic (exact) mass is 343 g/mol. The Hall–Kier alpha value is -0.540. The Morgan fingerprint density at radius 3 is 2.74 bits per heavy atom. The summed E-state index contributed by atoms with van der Waals surface area (Å²) in [7, 11) is 0. The summed E-state index contributed by atoms with van der Waals surface area (Å²) in [6.45, 7) is 4.45. The fourth-order valence-electron chi connectivity index (χ4n) is 2.69. The second-order valence-corrected chi connectivity index (χ2v) is 7.27. The highest BCUT2D eigenvalue weighted by molar-refractivity contribution is 9.10. The highest BCUT2D eigenvalue weighted by atomic mass is 79.9. The number of rotatable bonds is 2. The summed E-state index contributed by atoms with van der Waals surface area (Å²) in [6.07, 6.45) is 4.66. The van der Waals surface area contributed by atoms with Crippen molar-refractivity contribution < 1.29 is 4.79 Å². The Morgan fingerprint density at radius 2 is 2.11 bits per heavy atom. The van der Waals surface area contributed by atoms with Gasteiger partial charge in [-0.1, -0.05) is 54.2 Å². The Morgan fingerprint density at radius 1 is 1.37 bits per heavy atom. The van der Waals surface area contributed by atoms with Crippen molar-refractivity contribution in [1.82, 2.24) is 5.32 Å². The van der Waals surface area contributed by atoms with Crippen molar-refractivity contribution in [2.75, 3.05) is 0 Å². The number of carbonyl (C=O) groups is 1. The quantitative estimate of drug-likeness (QED) is 0.820. The van der Waals surface area contributed by atoms with Crippen LogP contribution in [0.5, 0.6) is 0 Å². The minimum Gasteiger partial charge on any atom is -0.349 e. The molecule has 0 saturated heterocycles. The van der Waals surface area contributed by atoms with Gasteiger partial charge < -0.3 is 5.32 Å². The molecule has 1 fully saturated rings. The fourth-order valence-corrected chi connectivity index (χ4v) is 3.55. The highest BCUT2D eigenvalue weighted by Crippen LogP contribution is 2.35. The molecule has 0 aliphatic heterocycles. The van der Waals surface area contributed by atoms with Gasteiger partial charge in [0.05, 0.1) is 0 Å². The summed E-state index contributed by atoms with van der Waals surface area (Å²) in [4.78, 5) is 12.3. The smallest absolute Gasteiger partial charge is 0.251 e. The maximum atomic E-state index is 12.3. The summed E-state index contributed by atoms with van der Waals surface area (Å²) < 4.78 is 0.827. The van der Waals surface area contributed by atoms with Gasteiger partial charge in [0.15, 0.2) is 0 Å². The predicted molar refractivity (Wildman–Crippen MR) is 82.7 cm³/mol. The van der Waals surface area contributed by atoms with Crippen LogP contribution in [-0.2, 0) is 0 Å². The first-order chi connectivity index (χ1) is 8.88. The highest BCUT2D eigenvalue weighted by Gasteiger charge is 2.33. The molecule has 1 atom stereocenters. The van der Waals surface area contributed by atoms with Gasteiger partial charge in [0.25, 0.3) is 5.91 Å². The summed E-state index contributed by atoms with van der Waals surface area (Å²) in [5, 5.41) is 3.73. The number of amides is 1. The van der Waals surface area contributed by atoms with E-state index in [2.05, 4.69) is 35.1 Å². The predicted octanol–water partition coefficient (Wildman–Crippen LogP) is 4.80. The van der Waals surface area contributed by atoms with Crippen LogP contribution in [0.3, 0.4) is 0 Å². The Kier molecular flexibility index (Phi) is 4.57. The van der Waals surface area contributed by atoms with E-state index >= 15 is 0 Å². The third-order valence-electron chi connectivity index (χ3n) is 3.94. The molecule has 19 heavy (non-hydrogen) atoms. The molecule has 1 aliphatic carbocycles. The zero-order valence-electron chi connectivity index (χ0n) is 11.3. The van der Waals surface area contributed by atoms with Crippen molar-refractivity contribution in [3.63, 3.8) is 0 Å². The van der Waals surface area contributed by atoms with E-state index in [4.69, 9.17) is 11.6 Å². The van der Waals surface area contributed by atoms with Crippen molar-refractivity contribution in [3.8, 4) is 0 Å². The summed E-state index contributed by atoms with van der Waals surface area (Å²) in [5.74, 6) is -0.0387. The van der Waals surface area contributed by atoms with Crippen molar-refractivity contribution in [2.24, 2.45) is 5.41 Å². The van der Waals surface area contributed by atoms with Gasteiger partial charge in [0.1, 0.15) is 0 Å². The van der Waals surface area contributed by atoms with E-state index in [0.29, 0.717) is 10.6 Å². The molecule has 0 radical (unpaired) electrons. The van der Waals surface area contributed by atoms with Gasteiger partial charge >= 0.3 is 0 Å². The lowest BCUT2D eigenvalue weighted by molar-refractivity contribution is 0.0853. The Labute approximate surface area is 128 Å². The van der Waals surface area contributed by atoms with Crippen LogP contribution >= 0.6 is 27.5 Å². The summed E-state index contributed by atoms with van der Waals surface area (Å²) >= 11 is 9.35. The van der Waals surface area contributed by atoms with Crippen molar-refractivity contribution in [3.05, 3.63) is 33.3 Å². The van der Waals surface area contributed by atoms with Gasteiger partial charge in [-0.25, -0.2) is 0 Å². The average molecular weight is 345 g/mol. The summed E-state index contributed by atoms with van der Waals surface area (Å²) in [6, 6.07) is 5.53. The maximum absolute atomic E-state index is 12.3. The molecule has 2 nitrogen and oxygen atoms in total. The Balaban J connectivity index is 2.12. The number of nitrogens with one attached hydrogen (secondary N) is 1. The molecular formula is C15H19BrClNO. The van der Waals surface area contributed by atoms with Gasteiger partial charge in [0.2, 0.25) is 0 Å². The van der Waals surface area contributed by atoms with E-state index in [1.54, 1.807) is 18.2 Å². The van der Waals surface area contributed by atoms with Gasteiger partial charge in [-0.15, -0.1) is 0 Å². The lowest BCUT2D eigenvalue weighted by atomic mass is 9.73. The Bertz CT molecular complexity index is 467. The number of halogens is 2. The summed E-state index contributed by atoms with van der Waals surface area (Å²) in [5.41, 5.74) is 0.782. The molecular weight excluding hydrogens is 326 g/mol. The fraction of sp³-hybridized carbons (Fsp3) is 0.533. The molecule has 1 aromatic carbocycles. The molecule has 0 aromatic heterocycles. The van der Waals surface area contributed by atoms with Crippen molar-refractivity contribution in [2.45, 2.75) is 45.6 Å². The number of carbonyl (C=O) groups excluding carboxylic acids is 1. The zero-order chi connectivity index (χ0) is 14.0. The second-order valence-electron chi connectivity index (χ2n) is 5.92. The first-order valence-electron chi connectivity index (χ1n) is 6.65. The molecule has 1 aromatic rings. The van der Waals surface area contributed by atoms with E-state index in [1.165, 1.54) is 12.8 Å². The van der Waals surface area contributed by atoms with Crippen LogP contribution < -0.4 is 5.32 Å². The first kappa shape index (κ1) is 14.9. The lowest BCUT2D eigenvalue weighted by Gasteiger charge is -2.39. The third kappa shape index (κ3) is 3.73. The maximum Gasteiger partial charge on any atom is 0.251 e. The topological polar surface area (TPSA) is 29.1 Å². The van der Waals surface area contributed by atoms with Gasteiger partial charge in [-0.2, -0.15) is 0 Å². The van der Waals surface area contributed by atoms with Crippen LogP contribution in [0.15, 0.2) is 22.7 Å². The van der Waals surface area contributed by atoms with Crippen molar-refractivity contribution >= 4 is 33.4 Å². The minimum absolute atomic E-state index is 0.0387. The van der Waals surface area contributed by atoms with Crippen LogP contribution in [0, 0.1) is 5.41 Å². The van der Waals surface area contributed by atoms with E-state index in [1.807, 2.05) is 0 Å². The van der Waals surface area contributed by atoms with Crippen LogP contribution in [0.25, 0.3) is 0 Å². The van der Waals surface area contributed by atoms with Gasteiger partial charge in [-0.05, 0) is 36.5 Å². The SMILES string of the molecule is CC1(C)CCCCC1NC(=O)c1cc(Cl)cc(Br)c1. The number of hydrogen-bond donors (Lipinski definition) is 1. The van der Waals surface area contributed by atoms with Gasteiger partial charge in [0, 0.05) is 21.1 Å². The van der Waals surface area contributed by atoms with Crippen molar-refractivity contribution in [1.29, 1.82) is 0 Å². The zero-order valence-corrected chi connectivity index (χ0v) is 13.6. The molecule has 1 amide bonds. The molecule has 1 N–H and O–H groups in total. The largest absolute Gasteiger partial charge is 0.349 e. The average Bonchev–Trinajstić information content (AvgIpc) is 2.30.